The number of ether oxygens (including phenoxy) is 2. The Hall–Kier alpha value is -2.31. The van der Waals surface area contributed by atoms with Crippen molar-refractivity contribution in [2.75, 3.05) is 51.8 Å². The maximum absolute atomic E-state index is 5.54. The number of hydrogen-bond donors (Lipinski definition) is 0. The second kappa shape index (κ2) is 7.84. The zero-order chi connectivity index (χ0) is 19.8. The molecule has 1 atom stereocenters. The highest BCUT2D eigenvalue weighted by Crippen LogP contribution is 2.41. The summed E-state index contributed by atoms with van der Waals surface area (Å²) in [7, 11) is 3.43. The van der Waals surface area contributed by atoms with E-state index >= 15 is 0 Å². The van der Waals surface area contributed by atoms with Crippen molar-refractivity contribution in [1.29, 1.82) is 0 Å². The molecule has 2 aliphatic rings. The zero-order valence-corrected chi connectivity index (χ0v) is 17.9. The van der Waals surface area contributed by atoms with Crippen LogP contribution >= 0.6 is 11.5 Å². The number of anilines is 1. The van der Waals surface area contributed by atoms with Gasteiger partial charge in [0, 0.05) is 38.1 Å². The fraction of sp³-hybridized carbons (Fsp3) is 0.435. The smallest absolute Gasteiger partial charge is 0.161 e. The van der Waals surface area contributed by atoms with E-state index in [1.807, 2.05) is 0 Å². The van der Waals surface area contributed by atoms with E-state index in [9.17, 15) is 0 Å². The largest absolute Gasteiger partial charge is 0.493 e. The van der Waals surface area contributed by atoms with Gasteiger partial charge >= 0.3 is 0 Å². The van der Waals surface area contributed by atoms with Crippen molar-refractivity contribution in [3.63, 3.8) is 0 Å². The Kier molecular flexibility index (Phi) is 5.06. The van der Waals surface area contributed by atoms with E-state index in [1.54, 1.807) is 25.8 Å². The van der Waals surface area contributed by atoms with Crippen molar-refractivity contribution in [3.8, 4) is 11.5 Å². The Labute approximate surface area is 176 Å². The van der Waals surface area contributed by atoms with Crippen molar-refractivity contribution in [2.45, 2.75) is 18.8 Å². The summed E-state index contributed by atoms with van der Waals surface area (Å²) in [5.41, 5.74) is 2.86. The maximum atomic E-state index is 5.54. The Morgan fingerprint density at radius 1 is 1.03 bits per heavy atom. The Balaban J connectivity index is 1.25. The number of aryl methyl sites for hydroxylation is 1. The van der Waals surface area contributed by atoms with Crippen LogP contribution in [-0.4, -0.2) is 56.2 Å². The highest BCUT2D eigenvalue weighted by atomic mass is 32.1. The molecule has 1 fully saturated rings. The molecule has 6 heteroatoms. The number of piperazine rings is 1. The quantitative estimate of drug-likeness (QED) is 0.632. The van der Waals surface area contributed by atoms with Crippen LogP contribution in [0.1, 0.15) is 23.5 Å². The van der Waals surface area contributed by atoms with Crippen LogP contribution in [0, 0.1) is 0 Å². The van der Waals surface area contributed by atoms with Crippen molar-refractivity contribution >= 4 is 27.4 Å². The molecule has 0 radical (unpaired) electrons. The number of benzene rings is 2. The first kappa shape index (κ1) is 18.7. The Morgan fingerprint density at radius 3 is 2.59 bits per heavy atom. The number of aromatic nitrogens is 1. The van der Waals surface area contributed by atoms with Gasteiger partial charge in [0.2, 0.25) is 0 Å². The molecule has 0 saturated carbocycles. The first-order chi connectivity index (χ1) is 14.3. The summed E-state index contributed by atoms with van der Waals surface area (Å²) in [6.07, 6.45) is 2.34. The lowest BCUT2D eigenvalue weighted by Crippen LogP contribution is -2.47. The lowest BCUT2D eigenvalue weighted by molar-refractivity contribution is 0.241. The van der Waals surface area contributed by atoms with Crippen LogP contribution in [0.15, 0.2) is 36.4 Å². The summed E-state index contributed by atoms with van der Waals surface area (Å²) >= 11 is 1.61. The van der Waals surface area contributed by atoms with Gasteiger partial charge < -0.3 is 14.4 Å². The van der Waals surface area contributed by atoms with E-state index in [-0.39, 0.29) is 0 Å². The van der Waals surface area contributed by atoms with Crippen molar-refractivity contribution in [2.24, 2.45) is 0 Å². The van der Waals surface area contributed by atoms with E-state index in [4.69, 9.17) is 13.8 Å². The molecule has 0 bridgehead atoms. The molecule has 5 nitrogen and oxygen atoms in total. The lowest BCUT2D eigenvalue weighted by Gasteiger charge is -2.36. The van der Waals surface area contributed by atoms with Crippen LogP contribution in [0.2, 0.25) is 0 Å². The standard InChI is InChI=1S/C23H27N3O2S/c1-27-20-13-16-7-8-17(19(16)14-21(20)28-2)15-25-9-11-26(12-10-25)23-18-5-3-4-6-22(18)29-24-23/h3-6,13-14,17H,7-12,15H2,1-2H3/t17-/m0/s1. The number of nitrogens with zero attached hydrogens (tertiary/aromatic N) is 3. The fourth-order valence-electron chi connectivity index (χ4n) is 4.76. The molecule has 5 rings (SSSR count). The molecule has 0 N–H and O–H groups in total. The molecule has 0 amide bonds. The molecule has 3 aromatic rings. The second-order valence-corrected chi connectivity index (χ2v) is 8.74. The summed E-state index contributed by atoms with van der Waals surface area (Å²) in [5.74, 6) is 3.43. The van der Waals surface area contributed by atoms with Crippen LogP contribution in [0.4, 0.5) is 5.82 Å². The zero-order valence-electron chi connectivity index (χ0n) is 17.1. The molecule has 152 valence electrons. The van der Waals surface area contributed by atoms with Crippen molar-refractivity contribution in [1.82, 2.24) is 9.27 Å². The van der Waals surface area contributed by atoms with Gasteiger partial charge in [-0.05, 0) is 65.7 Å². The monoisotopic (exact) mass is 409 g/mol. The normalized spacial score (nSPS) is 19.5. The minimum atomic E-state index is 0.580. The summed E-state index contributed by atoms with van der Waals surface area (Å²) in [6, 6.07) is 12.9. The molecule has 1 aliphatic carbocycles. The first-order valence-electron chi connectivity index (χ1n) is 10.3. The summed E-state index contributed by atoms with van der Waals surface area (Å²) in [6.45, 7) is 5.38. The average molecular weight is 410 g/mol. The lowest BCUT2D eigenvalue weighted by atomic mass is 9.99. The van der Waals surface area contributed by atoms with Crippen LogP contribution in [0.5, 0.6) is 11.5 Å². The van der Waals surface area contributed by atoms with E-state index in [0.29, 0.717) is 5.92 Å². The number of hydrogen-bond acceptors (Lipinski definition) is 6. The van der Waals surface area contributed by atoms with Crippen LogP contribution in [0.3, 0.4) is 0 Å². The summed E-state index contributed by atoms with van der Waals surface area (Å²) in [4.78, 5) is 5.06. The van der Waals surface area contributed by atoms with Gasteiger partial charge in [-0.3, -0.25) is 4.90 Å². The van der Waals surface area contributed by atoms with Gasteiger partial charge in [-0.15, -0.1) is 0 Å². The van der Waals surface area contributed by atoms with E-state index in [0.717, 1.165) is 56.5 Å². The van der Waals surface area contributed by atoms with Gasteiger partial charge in [0.1, 0.15) is 5.82 Å². The van der Waals surface area contributed by atoms with Gasteiger partial charge in [0.05, 0.1) is 18.9 Å². The fourth-order valence-corrected chi connectivity index (χ4v) is 5.56. The number of rotatable bonds is 5. The predicted octanol–water partition coefficient (Wildman–Crippen LogP) is 4.17. The van der Waals surface area contributed by atoms with Crippen molar-refractivity contribution < 1.29 is 9.47 Å². The van der Waals surface area contributed by atoms with Crippen LogP contribution in [-0.2, 0) is 6.42 Å². The van der Waals surface area contributed by atoms with Crippen LogP contribution < -0.4 is 14.4 Å². The minimum absolute atomic E-state index is 0.580. The molecule has 29 heavy (non-hydrogen) atoms. The average Bonchev–Trinajstić information content (AvgIpc) is 3.37. The molecule has 0 spiro atoms. The van der Waals surface area contributed by atoms with Gasteiger partial charge in [-0.2, -0.15) is 4.37 Å². The van der Waals surface area contributed by atoms with Gasteiger partial charge in [-0.1, -0.05) is 12.1 Å². The molecule has 0 unspecified atom stereocenters. The molecule has 2 heterocycles. The van der Waals surface area contributed by atoms with Gasteiger partial charge in [-0.25, -0.2) is 0 Å². The highest BCUT2D eigenvalue weighted by Gasteiger charge is 2.28. The third-order valence-corrected chi connectivity index (χ3v) is 7.17. The predicted molar refractivity (Wildman–Crippen MR) is 119 cm³/mol. The highest BCUT2D eigenvalue weighted by molar-refractivity contribution is 7.13. The molecule has 1 aromatic heterocycles. The van der Waals surface area contributed by atoms with E-state index in [1.165, 1.54) is 27.6 Å². The van der Waals surface area contributed by atoms with E-state index in [2.05, 4.69) is 46.2 Å². The topological polar surface area (TPSA) is 37.8 Å². The van der Waals surface area contributed by atoms with Crippen LogP contribution in [0.25, 0.3) is 10.1 Å². The third-order valence-electron chi connectivity index (χ3n) is 6.36. The number of fused-ring (bicyclic) bond motifs is 2. The second-order valence-electron chi connectivity index (χ2n) is 7.93. The Morgan fingerprint density at radius 2 is 1.79 bits per heavy atom. The summed E-state index contributed by atoms with van der Waals surface area (Å²) < 4.78 is 17.0. The molecular formula is C23H27N3O2S. The maximum Gasteiger partial charge on any atom is 0.161 e. The molecule has 2 aromatic carbocycles. The van der Waals surface area contributed by atoms with Gasteiger partial charge in [0.25, 0.3) is 0 Å². The molecular weight excluding hydrogens is 382 g/mol. The molecule has 1 aliphatic heterocycles. The third kappa shape index (κ3) is 3.45. The summed E-state index contributed by atoms with van der Waals surface area (Å²) in [5, 5.41) is 1.29. The van der Waals surface area contributed by atoms with E-state index < -0.39 is 0 Å². The minimum Gasteiger partial charge on any atom is -0.493 e. The first-order valence-corrected chi connectivity index (χ1v) is 11.1. The molecule has 1 saturated heterocycles. The van der Waals surface area contributed by atoms with Gasteiger partial charge in [0.15, 0.2) is 11.5 Å². The SMILES string of the molecule is COc1cc2c(cc1OC)[C@H](CN1CCN(c3nsc4ccccc34)CC1)CC2. The van der Waals surface area contributed by atoms with Crippen molar-refractivity contribution in [3.05, 3.63) is 47.5 Å². The number of methoxy groups -OCH3 is 2. The Bertz CT molecular complexity index is 1010.